The van der Waals surface area contributed by atoms with Gasteiger partial charge in [-0.1, -0.05) is 48.5 Å². The van der Waals surface area contributed by atoms with E-state index in [4.69, 9.17) is 4.74 Å². The SMILES string of the molecule is COc1ccccc1CNC(=O)CN1C(=O)N=C2C(c3ccccc3)=CN=C2C1=O. The molecule has 2 aromatic rings. The van der Waals surface area contributed by atoms with E-state index in [0.29, 0.717) is 11.3 Å². The van der Waals surface area contributed by atoms with Crippen LogP contribution in [0.3, 0.4) is 0 Å². The second-order valence-electron chi connectivity index (χ2n) is 6.61. The number of allylic oxidation sites excluding steroid dienone is 1. The van der Waals surface area contributed by atoms with Gasteiger partial charge in [-0.2, -0.15) is 4.99 Å². The van der Waals surface area contributed by atoms with E-state index in [9.17, 15) is 14.4 Å². The highest BCUT2D eigenvalue weighted by Gasteiger charge is 2.38. The van der Waals surface area contributed by atoms with E-state index in [0.717, 1.165) is 16.0 Å². The van der Waals surface area contributed by atoms with Crippen molar-refractivity contribution in [2.24, 2.45) is 9.98 Å². The molecule has 2 aliphatic rings. The summed E-state index contributed by atoms with van der Waals surface area (Å²) in [5.74, 6) is -0.493. The number of nitrogens with one attached hydrogen (secondary N) is 1. The van der Waals surface area contributed by atoms with Crippen molar-refractivity contribution in [3.8, 4) is 5.75 Å². The van der Waals surface area contributed by atoms with Crippen molar-refractivity contribution in [3.63, 3.8) is 0 Å². The number of methoxy groups -OCH3 is 1. The van der Waals surface area contributed by atoms with Crippen molar-refractivity contribution >= 4 is 34.8 Å². The van der Waals surface area contributed by atoms with Gasteiger partial charge in [0.2, 0.25) is 5.91 Å². The predicted molar refractivity (Wildman–Crippen MR) is 111 cm³/mol. The quantitative estimate of drug-likeness (QED) is 0.801. The summed E-state index contributed by atoms with van der Waals surface area (Å²) in [4.78, 5) is 46.5. The van der Waals surface area contributed by atoms with E-state index >= 15 is 0 Å². The molecule has 0 spiro atoms. The minimum absolute atomic E-state index is 0.0611. The zero-order valence-electron chi connectivity index (χ0n) is 16.2. The lowest BCUT2D eigenvalue weighted by atomic mass is 9.99. The number of carbonyl (C=O) groups excluding carboxylic acids is 3. The van der Waals surface area contributed by atoms with Crippen molar-refractivity contribution < 1.29 is 19.1 Å². The molecule has 0 unspecified atom stereocenters. The van der Waals surface area contributed by atoms with Crippen LogP contribution in [0.2, 0.25) is 0 Å². The average Bonchev–Trinajstić information content (AvgIpc) is 3.19. The van der Waals surface area contributed by atoms with Crippen molar-refractivity contribution in [2.75, 3.05) is 13.7 Å². The number of amides is 4. The van der Waals surface area contributed by atoms with Gasteiger partial charge in [0.05, 0.1) is 7.11 Å². The molecule has 0 bridgehead atoms. The normalized spacial score (nSPS) is 15.2. The maximum atomic E-state index is 12.8. The third-order valence-corrected chi connectivity index (χ3v) is 4.74. The number of fused-ring (bicyclic) bond motifs is 1. The number of nitrogens with zero attached hydrogens (tertiary/aromatic N) is 3. The zero-order valence-corrected chi connectivity index (χ0v) is 16.2. The van der Waals surface area contributed by atoms with E-state index < -0.39 is 24.4 Å². The van der Waals surface area contributed by atoms with Crippen LogP contribution in [-0.4, -0.2) is 47.8 Å². The van der Waals surface area contributed by atoms with Gasteiger partial charge in [-0.3, -0.25) is 9.59 Å². The molecule has 8 nitrogen and oxygen atoms in total. The van der Waals surface area contributed by atoms with Crippen LogP contribution >= 0.6 is 0 Å². The third-order valence-electron chi connectivity index (χ3n) is 4.74. The molecule has 2 heterocycles. The van der Waals surface area contributed by atoms with Crippen LogP contribution in [0.25, 0.3) is 5.57 Å². The Morgan fingerprint density at radius 3 is 2.53 bits per heavy atom. The number of rotatable bonds is 6. The third kappa shape index (κ3) is 3.62. The van der Waals surface area contributed by atoms with Gasteiger partial charge in [-0.05, 0) is 11.6 Å². The summed E-state index contributed by atoms with van der Waals surface area (Å²) in [5, 5.41) is 2.69. The minimum Gasteiger partial charge on any atom is -0.496 e. The fourth-order valence-electron chi connectivity index (χ4n) is 3.23. The number of ether oxygens (including phenoxy) is 1. The molecule has 0 saturated heterocycles. The summed E-state index contributed by atoms with van der Waals surface area (Å²) >= 11 is 0. The molecule has 0 saturated carbocycles. The fourth-order valence-corrected chi connectivity index (χ4v) is 3.23. The molecular formula is C22H18N4O4. The van der Waals surface area contributed by atoms with Crippen LogP contribution in [0.1, 0.15) is 11.1 Å². The molecule has 1 N–H and O–H groups in total. The molecule has 2 aliphatic heterocycles. The molecule has 8 heteroatoms. The van der Waals surface area contributed by atoms with Gasteiger partial charge in [-0.15, -0.1) is 0 Å². The molecular weight excluding hydrogens is 384 g/mol. The molecule has 150 valence electrons. The second-order valence-corrected chi connectivity index (χ2v) is 6.61. The molecule has 0 aromatic heterocycles. The Bertz CT molecular complexity index is 1120. The molecule has 0 aliphatic carbocycles. The zero-order chi connectivity index (χ0) is 21.1. The molecule has 4 rings (SSSR count). The highest BCUT2D eigenvalue weighted by atomic mass is 16.5. The number of hydrogen-bond donors (Lipinski definition) is 1. The van der Waals surface area contributed by atoms with E-state index in [-0.39, 0.29) is 18.0 Å². The number of para-hydroxylation sites is 1. The maximum absolute atomic E-state index is 12.8. The van der Waals surface area contributed by atoms with Gasteiger partial charge in [-0.25, -0.2) is 14.7 Å². The van der Waals surface area contributed by atoms with Crippen LogP contribution in [0.15, 0.2) is 70.8 Å². The summed E-state index contributed by atoms with van der Waals surface area (Å²) < 4.78 is 5.25. The van der Waals surface area contributed by atoms with Crippen LogP contribution in [0, 0.1) is 0 Å². The molecule has 0 radical (unpaired) electrons. The number of aliphatic imine (C=N–C) groups is 2. The Balaban J connectivity index is 1.45. The van der Waals surface area contributed by atoms with Gasteiger partial charge < -0.3 is 10.1 Å². The number of urea groups is 1. The minimum atomic E-state index is -0.787. The highest BCUT2D eigenvalue weighted by Crippen LogP contribution is 2.25. The van der Waals surface area contributed by atoms with E-state index in [1.165, 1.54) is 6.20 Å². The number of carbonyl (C=O) groups is 3. The fraction of sp³-hybridized carbons (Fsp3) is 0.136. The topological polar surface area (TPSA) is 100 Å². The lowest BCUT2D eigenvalue weighted by Gasteiger charge is -2.23. The number of benzene rings is 2. The molecule has 4 amide bonds. The Morgan fingerprint density at radius 2 is 1.77 bits per heavy atom. The molecule has 2 aromatic carbocycles. The van der Waals surface area contributed by atoms with Crippen molar-refractivity contribution in [1.82, 2.24) is 10.2 Å². The molecule has 0 fully saturated rings. The first-order valence-electron chi connectivity index (χ1n) is 9.25. The van der Waals surface area contributed by atoms with Gasteiger partial charge in [0.15, 0.2) is 5.71 Å². The summed E-state index contributed by atoms with van der Waals surface area (Å²) in [6.07, 6.45) is 1.51. The summed E-state index contributed by atoms with van der Waals surface area (Å²) in [7, 11) is 1.54. The number of imide groups is 1. The standard InChI is InChI=1S/C22H18N4O4/c1-30-17-10-6-5-9-15(17)11-23-18(27)13-26-21(28)20-19(25-22(26)29)16(12-24-20)14-7-3-2-4-8-14/h2-10,12H,11,13H2,1H3,(H,23,27). The van der Waals surface area contributed by atoms with Gasteiger partial charge in [0, 0.05) is 23.9 Å². The average molecular weight is 402 g/mol. The summed E-state index contributed by atoms with van der Waals surface area (Å²) in [6, 6.07) is 15.7. The van der Waals surface area contributed by atoms with Crippen molar-refractivity contribution in [1.29, 1.82) is 0 Å². The Hall–Kier alpha value is -4.07. The predicted octanol–water partition coefficient (Wildman–Crippen LogP) is 2.21. The van der Waals surface area contributed by atoms with E-state index in [1.54, 1.807) is 13.2 Å². The second kappa shape index (κ2) is 8.12. The van der Waals surface area contributed by atoms with E-state index in [1.807, 2.05) is 48.5 Å². The Morgan fingerprint density at radius 1 is 1.03 bits per heavy atom. The van der Waals surface area contributed by atoms with Crippen molar-refractivity contribution in [2.45, 2.75) is 6.54 Å². The van der Waals surface area contributed by atoms with Gasteiger partial charge in [0.1, 0.15) is 18.0 Å². The Kier molecular flexibility index (Phi) is 5.21. The summed E-state index contributed by atoms with van der Waals surface area (Å²) in [5.41, 5.74) is 2.49. The van der Waals surface area contributed by atoms with Crippen LogP contribution in [-0.2, 0) is 16.1 Å². The smallest absolute Gasteiger partial charge is 0.351 e. The first-order valence-corrected chi connectivity index (χ1v) is 9.25. The summed E-state index contributed by atoms with van der Waals surface area (Å²) in [6.45, 7) is -0.239. The lowest BCUT2D eigenvalue weighted by molar-refractivity contribution is -0.128. The first-order chi connectivity index (χ1) is 14.6. The highest BCUT2D eigenvalue weighted by molar-refractivity contribution is 6.78. The molecule has 0 atom stereocenters. The lowest BCUT2D eigenvalue weighted by Crippen LogP contribution is -2.50. The Labute approximate surface area is 172 Å². The maximum Gasteiger partial charge on any atom is 0.351 e. The van der Waals surface area contributed by atoms with E-state index in [2.05, 4.69) is 15.3 Å². The monoisotopic (exact) mass is 402 g/mol. The van der Waals surface area contributed by atoms with Crippen molar-refractivity contribution in [3.05, 3.63) is 71.9 Å². The van der Waals surface area contributed by atoms with Crippen LogP contribution in [0.4, 0.5) is 4.79 Å². The number of hydrogen-bond acceptors (Lipinski definition) is 5. The largest absolute Gasteiger partial charge is 0.496 e. The van der Waals surface area contributed by atoms with Crippen LogP contribution in [0.5, 0.6) is 5.75 Å². The molecule has 30 heavy (non-hydrogen) atoms. The van der Waals surface area contributed by atoms with Gasteiger partial charge >= 0.3 is 6.03 Å². The first kappa shape index (κ1) is 19.3. The van der Waals surface area contributed by atoms with Gasteiger partial charge in [0.25, 0.3) is 5.91 Å². The van der Waals surface area contributed by atoms with Crippen LogP contribution < -0.4 is 10.1 Å².